The van der Waals surface area contributed by atoms with Gasteiger partial charge in [-0.25, -0.2) is 0 Å². The molecule has 1 aromatic heterocycles. The summed E-state index contributed by atoms with van der Waals surface area (Å²) in [5, 5.41) is 3.73. The van der Waals surface area contributed by atoms with Gasteiger partial charge >= 0.3 is 0 Å². The van der Waals surface area contributed by atoms with E-state index in [1.54, 1.807) is 0 Å². The van der Waals surface area contributed by atoms with Gasteiger partial charge in [0.15, 0.2) is 0 Å². The molecule has 3 nitrogen and oxygen atoms in total. The van der Waals surface area contributed by atoms with Crippen molar-refractivity contribution in [3.05, 3.63) is 30.1 Å². The van der Waals surface area contributed by atoms with E-state index in [4.69, 9.17) is 0 Å². The molecule has 3 heteroatoms. The minimum atomic E-state index is 0.530. The molecule has 0 aromatic carbocycles. The van der Waals surface area contributed by atoms with Crippen molar-refractivity contribution in [3.63, 3.8) is 0 Å². The Kier molecular flexibility index (Phi) is 4.37. The molecule has 2 aliphatic rings. The molecule has 3 unspecified atom stereocenters. The van der Waals surface area contributed by atoms with Crippen LogP contribution in [0.15, 0.2) is 24.5 Å². The van der Waals surface area contributed by atoms with Crippen molar-refractivity contribution < 1.29 is 0 Å². The van der Waals surface area contributed by atoms with E-state index in [2.05, 4.69) is 41.2 Å². The van der Waals surface area contributed by atoms with Crippen molar-refractivity contribution in [3.8, 4) is 0 Å². The minimum Gasteiger partial charge on any atom is -0.314 e. The Morgan fingerprint density at radius 2 is 1.90 bits per heavy atom. The maximum absolute atomic E-state index is 4.14. The summed E-state index contributed by atoms with van der Waals surface area (Å²) in [6.07, 6.45) is 10.5. The summed E-state index contributed by atoms with van der Waals surface area (Å²) in [5.74, 6) is 0. The van der Waals surface area contributed by atoms with E-state index in [-0.39, 0.29) is 0 Å². The van der Waals surface area contributed by atoms with Crippen LogP contribution in [0, 0.1) is 0 Å². The average Bonchev–Trinajstić information content (AvgIpc) is 2.76. The summed E-state index contributed by atoms with van der Waals surface area (Å²) < 4.78 is 0. The Morgan fingerprint density at radius 3 is 2.50 bits per heavy atom. The summed E-state index contributed by atoms with van der Waals surface area (Å²) >= 11 is 0. The van der Waals surface area contributed by atoms with Crippen LogP contribution >= 0.6 is 0 Å². The zero-order valence-corrected chi connectivity index (χ0v) is 12.8. The molecule has 3 heterocycles. The predicted octanol–water partition coefficient (Wildman–Crippen LogP) is 3.14. The van der Waals surface area contributed by atoms with Crippen LogP contribution in [0.5, 0.6) is 0 Å². The van der Waals surface area contributed by atoms with Gasteiger partial charge in [0.1, 0.15) is 0 Å². The van der Waals surface area contributed by atoms with Crippen molar-refractivity contribution in [2.45, 2.75) is 70.1 Å². The van der Waals surface area contributed by atoms with Gasteiger partial charge < -0.3 is 5.32 Å². The summed E-state index contributed by atoms with van der Waals surface area (Å²) in [6.45, 7) is 5.78. The van der Waals surface area contributed by atoms with Crippen molar-refractivity contribution >= 4 is 0 Å². The first kappa shape index (κ1) is 14.0. The first-order chi connectivity index (χ1) is 9.79. The zero-order chi connectivity index (χ0) is 13.9. The second-order valence-electron chi connectivity index (χ2n) is 6.41. The second kappa shape index (κ2) is 6.23. The molecule has 0 saturated carbocycles. The summed E-state index contributed by atoms with van der Waals surface area (Å²) in [4.78, 5) is 6.92. The van der Waals surface area contributed by atoms with Crippen LogP contribution in [0.25, 0.3) is 0 Å². The van der Waals surface area contributed by atoms with E-state index < -0.39 is 0 Å². The summed E-state index contributed by atoms with van der Waals surface area (Å²) in [5.41, 5.74) is 1.41. The largest absolute Gasteiger partial charge is 0.314 e. The fraction of sp³-hybridized carbons (Fsp3) is 0.706. The third-order valence-corrected chi connectivity index (χ3v) is 5.11. The number of nitrogens with zero attached hydrogens (tertiary/aromatic N) is 2. The highest BCUT2D eigenvalue weighted by Crippen LogP contribution is 2.41. The molecule has 2 bridgehead atoms. The molecular formula is C17H27N3. The third-order valence-electron chi connectivity index (χ3n) is 5.11. The number of piperidine rings is 1. The Morgan fingerprint density at radius 1 is 1.25 bits per heavy atom. The van der Waals surface area contributed by atoms with Gasteiger partial charge in [0.2, 0.25) is 0 Å². The lowest BCUT2D eigenvalue weighted by Gasteiger charge is -2.43. The highest BCUT2D eigenvalue weighted by atomic mass is 15.3. The van der Waals surface area contributed by atoms with Crippen molar-refractivity contribution in [2.24, 2.45) is 0 Å². The molecule has 20 heavy (non-hydrogen) atoms. The van der Waals surface area contributed by atoms with Gasteiger partial charge in [-0.05, 0) is 63.3 Å². The van der Waals surface area contributed by atoms with Gasteiger partial charge in [-0.15, -0.1) is 0 Å². The lowest BCUT2D eigenvalue weighted by Crippen LogP contribution is -2.49. The maximum atomic E-state index is 4.14. The molecule has 1 N–H and O–H groups in total. The van der Waals surface area contributed by atoms with Gasteiger partial charge in [0.05, 0.1) is 0 Å². The number of nitrogens with one attached hydrogen (secondary N) is 1. The van der Waals surface area contributed by atoms with Crippen molar-refractivity contribution in [2.75, 3.05) is 6.54 Å². The highest BCUT2D eigenvalue weighted by Gasteiger charge is 2.42. The topological polar surface area (TPSA) is 28.2 Å². The molecule has 2 saturated heterocycles. The molecule has 3 atom stereocenters. The maximum Gasteiger partial charge on any atom is 0.0326 e. The number of aromatic nitrogens is 1. The summed E-state index contributed by atoms with van der Waals surface area (Å²) in [6, 6.07) is 7.16. The van der Waals surface area contributed by atoms with Crippen molar-refractivity contribution in [1.82, 2.24) is 15.2 Å². The van der Waals surface area contributed by atoms with Gasteiger partial charge in [-0.3, -0.25) is 9.88 Å². The molecule has 3 rings (SSSR count). The molecule has 0 amide bonds. The third kappa shape index (κ3) is 2.75. The Hall–Kier alpha value is -0.930. The van der Waals surface area contributed by atoms with Gasteiger partial charge in [0, 0.05) is 36.6 Å². The average molecular weight is 273 g/mol. The van der Waals surface area contributed by atoms with Crippen LogP contribution in [-0.4, -0.2) is 34.6 Å². The predicted molar refractivity (Wildman–Crippen MR) is 82.6 cm³/mol. The van der Waals surface area contributed by atoms with E-state index in [1.165, 1.54) is 44.2 Å². The van der Waals surface area contributed by atoms with Gasteiger partial charge in [-0.1, -0.05) is 6.92 Å². The van der Waals surface area contributed by atoms with Crippen molar-refractivity contribution in [1.29, 1.82) is 0 Å². The number of hydrogen-bond acceptors (Lipinski definition) is 3. The molecule has 2 fully saturated rings. The van der Waals surface area contributed by atoms with Gasteiger partial charge in [0.25, 0.3) is 0 Å². The standard InChI is InChI=1S/C17H27N3/c1-3-8-19-15-11-16-4-5-17(12-15)20(16)13(2)14-6-9-18-10-7-14/h6-7,9-10,13,15-17,19H,3-5,8,11-12H2,1-2H3. The van der Waals surface area contributed by atoms with Crippen LogP contribution in [0.1, 0.15) is 57.6 Å². The van der Waals surface area contributed by atoms with E-state index in [0.29, 0.717) is 6.04 Å². The SMILES string of the molecule is CCCNC1CC2CCC(C1)N2C(C)c1ccncc1. The normalized spacial score (nSPS) is 31.4. The van der Waals surface area contributed by atoms with Crippen LogP contribution in [0.2, 0.25) is 0 Å². The highest BCUT2D eigenvalue weighted by molar-refractivity contribution is 5.16. The van der Waals surface area contributed by atoms with E-state index in [1.807, 2.05) is 12.4 Å². The van der Waals surface area contributed by atoms with E-state index in [0.717, 1.165) is 18.1 Å². The number of rotatable bonds is 5. The molecule has 1 aromatic rings. The Bertz CT molecular complexity index is 406. The lowest BCUT2D eigenvalue weighted by molar-refractivity contribution is 0.0771. The fourth-order valence-electron chi connectivity index (χ4n) is 4.17. The smallest absolute Gasteiger partial charge is 0.0326 e. The minimum absolute atomic E-state index is 0.530. The molecule has 2 aliphatic heterocycles. The number of pyridine rings is 1. The molecule has 0 spiro atoms. The quantitative estimate of drug-likeness (QED) is 0.893. The Labute approximate surface area is 122 Å². The second-order valence-corrected chi connectivity index (χ2v) is 6.41. The molecule has 110 valence electrons. The zero-order valence-electron chi connectivity index (χ0n) is 12.8. The van der Waals surface area contributed by atoms with Crippen LogP contribution < -0.4 is 5.32 Å². The summed E-state index contributed by atoms with van der Waals surface area (Å²) in [7, 11) is 0. The van der Waals surface area contributed by atoms with Crippen LogP contribution in [0.4, 0.5) is 0 Å². The monoisotopic (exact) mass is 273 g/mol. The van der Waals surface area contributed by atoms with Gasteiger partial charge in [-0.2, -0.15) is 0 Å². The first-order valence-corrected chi connectivity index (χ1v) is 8.20. The number of fused-ring (bicyclic) bond motifs is 2. The van der Waals surface area contributed by atoms with Crippen LogP contribution in [0.3, 0.4) is 0 Å². The number of hydrogen-bond donors (Lipinski definition) is 1. The Balaban J connectivity index is 1.68. The lowest BCUT2D eigenvalue weighted by atomic mass is 9.94. The molecular weight excluding hydrogens is 246 g/mol. The van der Waals surface area contributed by atoms with E-state index >= 15 is 0 Å². The van der Waals surface area contributed by atoms with E-state index in [9.17, 15) is 0 Å². The first-order valence-electron chi connectivity index (χ1n) is 8.20. The molecule has 0 aliphatic carbocycles. The fourth-order valence-corrected chi connectivity index (χ4v) is 4.17. The molecule has 0 radical (unpaired) electrons. The van der Waals surface area contributed by atoms with Crippen LogP contribution in [-0.2, 0) is 0 Å².